The molecule has 3 rings (SSSR count). The second-order valence-electron chi connectivity index (χ2n) is 8.16. The molecule has 2 aliphatic rings. The number of hydrogen-bond donors (Lipinski definition) is 4. The third kappa shape index (κ3) is 7.52. The van der Waals surface area contributed by atoms with Gasteiger partial charge in [0.15, 0.2) is 5.75 Å². The van der Waals surface area contributed by atoms with Crippen LogP contribution in [0, 0.1) is 0 Å². The zero-order chi connectivity index (χ0) is 26.8. The Kier molecular flexibility index (Phi) is 10.9. The summed E-state index contributed by atoms with van der Waals surface area (Å²) >= 11 is 6.45. The van der Waals surface area contributed by atoms with Gasteiger partial charge in [0.05, 0.1) is 57.9 Å². The van der Waals surface area contributed by atoms with Crippen molar-refractivity contribution in [3.63, 3.8) is 0 Å². The molecule has 0 spiro atoms. The van der Waals surface area contributed by atoms with Crippen molar-refractivity contribution in [3.8, 4) is 5.75 Å². The molecule has 1 fully saturated rings. The van der Waals surface area contributed by atoms with Crippen molar-refractivity contribution in [3.05, 3.63) is 22.2 Å². The minimum Gasteiger partial charge on any atom is -0.494 e. The molecular weight excluding hydrogens is 512 g/mol. The summed E-state index contributed by atoms with van der Waals surface area (Å²) in [5, 5.41) is 16.7. The van der Waals surface area contributed by atoms with Crippen LogP contribution < -0.4 is 20.7 Å². The first kappa shape index (κ1) is 28.6. The van der Waals surface area contributed by atoms with Crippen molar-refractivity contribution in [1.82, 2.24) is 15.5 Å². The van der Waals surface area contributed by atoms with E-state index in [-0.39, 0.29) is 62.4 Å². The maximum Gasteiger partial charge on any atom is 0.259 e. The number of methoxy groups -OCH3 is 1. The van der Waals surface area contributed by atoms with Gasteiger partial charge in [0, 0.05) is 30.1 Å². The molecule has 0 radical (unpaired) electrons. The highest BCUT2D eigenvalue weighted by molar-refractivity contribution is 6.33. The van der Waals surface area contributed by atoms with Crippen LogP contribution in [0.25, 0.3) is 0 Å². The Morgan fingerprint density at radius 2 is 1.86 bits per heavy atom. The number of piperidine rings is 1. The van der Waals surface area contributed by atoms with Gasteiger partial charge in [-0.1, -0.05) is 11.6 Å². The molecule has 13 nitrogen and oxygen atoms in total. The molecular formula is C23H31ClN4O9. The fraction of sp³-hybridized carbons (Fsp3) is 0.565. The zero-order valence-corrected chi connectivity index (χ0v) is 21.2. The first-order chi connectivity index (χ1) is 17.9. The maximum atomic E-state index is 13.2. The predicted octanol–water partition coefficient (Wildman–Crippen LogP) is -0.363. The summed E-state index contributed by atoms with van der Waals surface area (Å²) in [6.45, 7) is 1.60. The van der Waals surface area contributed by atoms with Crippen LogP contribution in [0.4, 0.5) is 5.69 Å². The maximum absolute atomic E-state index is 13.2. The molecule has 0 aliphatic carbocycles. The number of fused-ring (bicyclic) bond motifs is 1. The number of amides is 4. The molecule has 1 atom stereocenters. The van der Waals surface area contributed by atoms with E-state index in [1.165, 1.54) is 12.0 Å². The quantitative estimate of drug-likeness (QED) is 0.131. The lowest BCUT2D eigenvalue weighted by Gasteiger charge is -2.29. The predicted molar refractivity (Wildman–Crippen MR) is 130 cm³/mol. The standard InChI is InChI=1S/C23H31ClN4O9/c1-34-21-16(26-11-19(31)25-4-5-35-6-7-36-8-9-37-13-29)10-15(24)14-12-28(23(33)20(14)21)17-2-3-18(30)27-22(17)32/h10,17,26,29H,2-9,11-13H2,1H3,(H,25,31)(H,27,30,32). The van der Waals surface area contributed by atoms with Crippen LogP contribution in [0.1, 0.15) is 28.8 Å². The first-order valence-electron chi connectivity index (χ1n) is 11.8. The lowest BCUT2D eigenvalue weighted by atomic mass is 10.0. The second kappa shape index (κ2) is 14.1. The topological polar surface area (TPSA) is 165 Å². The van der Waals surface area contributed by atoms with Crippen LogP contribution in [0.5, 0.6) is 5.75 Å². The lowest BCUT2D eigenvalue weighted by Crippen LogP contribution is -2.52. The highest BCUT2D eigenvalue weighted by atomic mass is 35.5. The summed E-state index contributed by atoms with van der Waals surface area (Å²) in [7, 11) is 1.40. The number of aliphatic hydroxyl groups is 1. The minimum atomic E-state index is -0.783. The molecule has 2 heterocycles. The number of halogens is 1. The Morgan fingerprint density at radius 1 is 1.16 bits per heavy atom. The largest absolute Gasteiger partial charge is 0.494 e. The minimum absolute atomic E-state index is 0.107. The Labute approximate surface area is 218 Å². The average molecular weight is 543 g/mol. The number of rotatable bonds is 15. The Bertz CT molecular complexity index is 1010. The number of ether oxygens (including phenoxy) is 4. The van der Waals surface area contributed by atoms with Gasteiger partial charge in [0.25, 0.3) is 5.91 Å². The number of hydrogen-bond acceptors (Lipinski definition) is 10. The zero-order valence-electron chi connectivity index (χ0n) is 20.5. The number of nitrogens with zero attached hydrogens (tertiary/aromatic N) is 1. The lowest BCUT2D eigenvalue weighted by molar-refractivity contribution is -0.137. The molecule has 4 N–H and O–H groups in total. The van der Waals surface area contributed by atoms with Crippen molar-refractivity contribution >= 4 is 40.9 Å². The van der Waals surface area contributed by atoms with Gasteiger partial charge in [0.2, 0.25) is 17.7 Å². The molecule has 14 heteroatoms. The fourth-order valence-electron chi connectivity index (χ4n) is 4.02. The molecule has 37 heavy (non-hydrogen) atoms. The number of carbonyl (C=O) groups excluding carboxylic acids is 4. The molecule has 1 unspecified atom stereocenters. The fourth-order valence-corrected chi connectivity index (χ4v) is 4.28. The van der Waals surface area contributed by atoms with E-state index < -0.39 is 17.9 Å². The summed E-state index contributed by atoms with van der Waals surface area (Å²) in [6.07, 6.45) is 0.370. The Balaban J connectivity index is 1.49. The van der Waals surface area contributed by atoms with Crippen LogP contribution >= 0.6 is 11.6 Å². The highest BCUT2D eigenvalue weighted by Crippen LogP contribution is 2.42. The molecule has 2 aliphatic heterocycles. The van der Waals surface area contributed by atoms with Gasteiger partial charge in [-0.2, -0.15) is 0 Å². The highest BCUT2D eigenvalue weighted by Gasteiger charge is 2.42. The summed E-state index contributed by atoms with van der Waals surface area (Å²) in [5.41, 5.74) is 1.10. The van der Waals surface area contributed by atoms with Gasteiger partial charge >= 0.3 is 0 Å². The number of aliphatic hydroxyl groups excluding tert-OH is 1. The van der Waals surface area contributed by atoms with Crippen molar-refractivity contribution in [1.29, 1.82) is 0 Å². The number of nitrogens with one attached hydrogen (secondary N) is 3. The normalized spacial score (nSPS) is 17.0. The van der Waals surface area contributed by atoms with Crippen LogP contribution in [-0.2, 0) is 35.1 Å². The van der Waals surface area contributed by atoms with Gasteiger partial charge in [-0.3, -0.25) is 24.5 Å². The molecule has 204 valence electrons. The van der Waals surface area contributed by atoms with E-state index in [0.29, 0.717) is 49.3 Å². The van der Waals surface area contributed by atoms with E-state index in [9.17, 15) is 19.2 Å². The van der Waals surface area contributed by atoms with E-state index in [1.807, 2.05) is 0 Å². The molecule has 1 saturated heterocycles. The number of imide groups is 1. The summed E-state index contributed by atoms with van der Waals surface area (Å²) in [6, 6.07) is 0.789. The number of anilines is 1. The van der Waals surface area contributed by atoms with E-state index in [2.05, 4.69) is 16.0 Å². The van der Waals surface area contributed by atoms with E-state index in [4.69, 9.17) is 35.7 Å². The third-order valence-corrected chi connectivity index (χ3v) is 6.11. The van der Waals surface area contributed by atoms with Crippen LogP contribution in [0.3, 0.4) is 0 Å². The van der Waals surface area contributed by atoms with E-state index >= 15 is 0 Å². The van der Waals surface area contributed by atoms with Crippen LogP contribution in [-0.4, -0.2) is 99.7 Å². The molecule has 0 saturated carbocycles. The molecule has 0 aromatic heterocycles. The van der Waals surface area contributed by atoms with Crippen molar-refractivity contribution in [2.24, 2.45) is 0 Å². The first-order valence-corrected chi connectivity index (χ1v) is 12.1. The van der Waals surface area contributed by atoms with Gasteiger partial charge in [-0.05, 0) is 12.5 Å². The molecule has 0 bridgehead atoms. The summed E-state index contributed by atoms with van der Waals surface area (Å²) in [4.78, 5) is 50.7. The second-order valence-corrected chi connectivity index (χ2v) is 8.57. The van der Waals surface area contributed by atoms with Gasteiger partial charge in [0.1, 0.15) is 12.8 Å². The van der Waals surface area contributed by atoms with Crippen molar-refractivity contribution in [2.75, 3.05) is 65.3 Å². The van der Waals surface area contributed by atoms with Crippen LogP contribution in [0.2, 0.25) is 5.02 Å². The van der Waals surface area contributed by atoms with Crippen molar-refractivity contribution < 1.29 is 43.2 Å². The van der Waals surface area contributed by atoms with Gasteiger partial charge in [-0.25, -0.2) is 0 Å². The molecule has 4 amide bonds. The Morgan fingerprint density at radius 3 is 2.54 bits per heavy atom. The summed E-state index contributed by atoms with van der Waals surface area (Å²) < 4.78 is 20.8. The number of benzene rings is 1. The van der Waals surface area contributed by atoms with E-state index in [0.717, 1.165) is 0 Å². The van der Waals surface area contributed by atoms with Crippen molar-refractivity contribution in [2.45, 2.75) is 25.4 Å². The summed E-state index contributed by atoms with van der Waals surface area (Å²) in [5.74, 6) is -1.41. The smallest absolute Gasteiger partial charge is 0.259 e. The van der Waals surface area contributed by atoms with Gasteiger partial charge in [-0.15, -0.1) is 0 Å². The van der Waals surface area contributed by atoms with Gasteiger partial charge < -0.3 is 39.6 Å². The average Bonchev–Trinajstić information content (AvgIpc) is 3.21. The third-order valence-electron chi connectivity index (χ3n) is 5.77. The van der Waals surface area contributed by atoms with Crippen LogP contribution in [0.15, 0.2) is 6.07 Å². The molecule has 1 aromatic rings. The molecule has 1 aromatic carbocycles. The SMILES string of the molecule is COc1c(NCC(=O)NCCOCCOCCOCO)cc(Cl)c2c1C(=O)N(C1CCC(=O)NC1=O)C2. The van der Waals surface area contributed by atoms with E-state index in [1.54, 1.807) is 6.07 Å². The number of carbonyl (C=O) groups is 4. The Hall–Kier alpha value is -2.97. The monoisotopic (exact) mass is 542 g/mol.